The standard InChI is InChI=1S/C13H17N5O5/c14-4-9-15-16-11(23-9)7-3-13(1-2-13)8-5-17(7)12(21)18(8)22-6-10(19)20/h7-8H,1-6,14H2,(H,19,20)/t7-,8?/m0/s1. The molecule has 1 unspecified atom stereocenters. The molecule has 10 nitrogen and oxygen atoms in total. The average molecular weight is 323 g/mol. The van der Waals surface area contributed by atoms with Crippen molar-refractivity contribution in [3.05, 3.63) is 11.8 Å². The topological polar surface area (TPSA) is 135 Å². The number of amides is 2. The number of piperidine rings is 1. The van der Waals surface area contributed by atoms with Crippen molar-refractivity contribution in [3.8, 4) is 0 Å². The van der Waals surface area contributed by atoms with Gasteiger partial charge in [0.2, 0.25) is 11.8 Å². The molecule has 1 aromatic rings. The average Bonchev–Trinajstić information content (AvgIpc) is 3.03. The Bertz CT molecular complexity index is 657. The molecule has 0 aromatic carbocycles. The Morgan fingerprint density at radius 3 is 2.87 bits per heavy atom. The van der Waals surface area contributed by atoms with Crippen LogP contribution in [0.2, 0.25) is 0 Å². The highest BCUT2D eigenvalue weighted by molar-refractivity contribution is 5.78. The zero-order valence-corrected chi connectivity index (χ0v) is 12.3. The van der Waals surface area contributed by atoms with Crippen molar-refractivity contribution in [2.45, 2.75) is 37.9 Å². The van der Waals surface area contributed by atoms with Crippen molar-refractivity contribution < 1.29 is 24.0 Å². The van der Waals surface area contributed by atoms with Crippen LogP contribution in [0, 0.1) is 5.41 Å². The molecule has 124 valence electrons. The molecule has 1 aliphatic carbocycles. The highest BCUT2D eigenvalue weighted by Crippen LogP contribution is 2.61. The van der Waals surface area contributed by atoms with Crippen LogP contribution in [0.5, 0.6) is 0 Å². The summed E-state index contributed by atoms with van der Waals surface area (Å²) in [4.78, 5) is 30.2. The molecule has 1 aromatic heterocycles. The first-order chi connectivity index (χ1) is 11.0. The van der Waals surface area contributed by atoms with Crippen LogP contribution in [-0.2, 0) is 16.2 Å². The van der Waals surface area contributed by atoms with Gasteiger partial charge in [-0.3, -0.25) is 4.84 Å². The summed E-state index contributed by atoms with van der Waals surface area (Å²) in [6, 6.07) is -0.785. The third kappa shape index (κ3) is 2.17. The zero-order valence-electron chi connectivity index (χ0n) is 12.3. The Morgan fingerprint density at radius 2 is 2.26 bits per heavy atom. The van der Waals surface area contributed by atoms with Crippen LogP contribution in [0.25, 0.3) is 0 Å². The maximum atomic E-state index is 12.6. The Morgan fingerprint density at radius 1 is 1.48 bits per heavy atom. The maximum Gasteiger partial charge on any atom is 0.345 e. The number of carbonyl (C=O) groups is 2. The predicted molar refractivity (Wildman–Crippen MR) is 72.5 cm³/mol. The molecule has 2 aliphatic heterocycles. The number of aromatic nitrogens is 2. The second-order valence-corrected chi connectivity index (χ2v) is 6.26. The third-order valence-electron chi connectivity index (χ3n) is 4.93. The maximum absolute atomic E-state index is 12.6. The SMILES string of the molecule is NCc1nnc([C@@H]2CC3(CC3)C3CN2C(=O)N3OCC(=O)O)o1. The summed E-state index contributed by atoms with van der Waals surface area (Å²) in [6.45, 7) is 0.0907. The Hall–Kier alpha value is -2.20. The number of carboxylic acid groups (broad SMARTS) is 1. The Labute approximate surface area is 131 Å². The predicted octanol–water partition coefficient (Wildman–Crippen LogP) is -0.124. The number of urea groups is 1. The molecule has 2 bridgehead atoms. The van der Waals surface area contributed by atoms with Crippen molar-refractivity contribution >= 4 is 12.0 Å². The van der Waals surface area contributed by atoms with E-state index < -0.39 is 12.6 Å². The second-order valence-electron chi connectivity index (χ2n) is 6.26. The van der Waals surface area contributed by atoms with Crippen LogP contribution in [0.3, 0.4) is 0 Å². The number of hydrogen-bond acceptors (Lipinski definition) is 7. The van der Waals surface area contributed by atoms with Crippen LogP contribution >= 0.6 is 0 Å². The molecule has 1 spiro atoms. The van der Waals surface area contributed by atoms with Crippen LogP contribution in [-0.4, -0.2) is 56.5 Å². The molecule has 4 rings (SSSR count). The summed E-state index contributed by atoms with van der Waals surface area (Å²) in [5, 5.41) is 17.9. The monoisotopic (exact) mass is 323 g/mol. The number of nitrogens with zero attached hydrogens (tertiary/aromatic N) is 4. The first kappa shape index (κ1) is 14.4. The lowest BCUT2D eigenvalue weighted by Crippen LogP contribution is -2.42. The molecule has 2 saturated heterocycles. The van der Waals surface area contributed by atoms with Gasteiger partial charge in [-0.05, 0) is 24.7 Å². The zero-order chi connectivity index (χ0) is 16.2. The van der Waals surface area contributed by atoms with E-state index in [0.29, 0.717) is 24.7 Å². The van der Waals surface area contributed by atoms with Gasteiger partial charge in [0.05, 0.1) is 12.6 Å². The minimum Gasteiger partial charge on any atom is -0.479 e. The lowest BCUT2D eigenvalue weighted by Gasteiger charge is -2.34. The highest BCUT2D eigenvalue weighted by atomic mass is 16.7. The van der Waals surface area contributed by atoms with Crippen molar-refractivity contribution in [3.63, 3.8) is 0 Å². The molecule has 1 saturated carbocycles. The number of aliphatic carboxylic acids is 1. The summed E-state index contributed by atoms with van der Waals surface area (Å²) in [5.41, 5.74) is 5.44. The molecule has 10 heteroatoms. The highest BCUT2D eigenvalue weighted by Gasteiger charge is 2.64. The summed E-state index contributed by atoms with van der Waals surface area (Å²) >= 11 is 0. The van der Waals surface area contributed by atoms with Gasteiger partial charge >= 0.3 is 12.0 Å². The van der Waals surface area contributed by atoms with E-state index in [2.05, 4.69) is 10.2 Å². The first-order valence-electron chi connectivity index (χ1n) is 7.51. The minimum absolute atomic E-state index is 0.0524. The molecule has 3 fully saturated rings. The van der Waals surface area contributed by atoms with Gasteiger partial charge in [0.25, 0.3) is 0 Å². The van der Waals surface area contributed by atoms with E-state index in [1.54, 1.807) is 4.90 Å². The molecule has 0 radical (unpaired) electrons. The van der Waals surface area contributed by atoms with Gasteiger partial charge < -0.3 is 20.2 Å². The first-order valence-corrected chi connectivity index (χ1v) is 7.51. The normalized spacial score (nSPS) is 27.8. The van der Waals surface area contributed by atoms with Gasteiger partial charge in [0.1, 0.15) is 6.04 Å². The van der Waals surface area contributed by atoms with E-state index in [0.717, 1.165) is 12.8 Å². The van der Waals surface area contributed by atoms with E-state index in [4.69, 9.17) is 20.1 Å². The van der Waals surface area contributed by atoms with Gasteiger partial charge in [0, 0.05) is 6.54 Å². The molecular weight excluding hydrogens is 306 g/mol. The summed E-state index contributed by atoms with van der Waals surface area (Å²) in [7, 11) is 0. The fourth-order valence-corrected chi connectivity index (χ4v) is 3.60. The number of rotatable bonds is 5. The lowest BCUT2D eigenvalue weighted by molar-refractivity contribution is -0.172. The Kier molecular flexibility index (Phi) is 3.07. The van der Waals surface area contributed by atoms with Crippen LogP contribution in [0.1, 0.15) is 37.1 Å². The van der Waals surface area contributed by atoms with Gasteiger partial charge in [-0.1, -0.05) is 0 Å². The van der Waals surface area contributed by atoms with E-state index in [1.165, 1.54) is 5.06 Å². The third-order valence-corrected chi connectivity index (χ3v) is 4.93. The Balaban J connectivity index is 1.61. The smallest absolute Gasteiger partial charge is 0.345 e. The summed E-state index contributed by atoms with van der Waals surface area (Å²) < 4.78 is 5.53. The van der Waals surface area contributed by atoms with Gasteiger partial charge in [-0.25, -0.2) is 9.59 Å². The second kappa shape index (κ2) is 4.90. The molecule has 23 heavy (non-hydrogen) atoms. The van der Waals surface area contributed by atoms with Crippen LogP contribution in [0.4, 0.5) is 4.79 Å². The number of carbonyl (C=O) groups excluding carboxylic acids is 1. The fourth-order valence-electron chi connectivity index (χ4n) is 3.60. The number of nitrogens with two attached hydrogens (primary N) is 1. The minimum atomic E-state index is -1.11. The molecule has 2 atom stereocenters. The number of carboxylic acids is 1. The molecule has 2 amide bonds. The number of hydrogen-bond donors (Lipinski definition) is 2. The van der Waals surface area contributed by atoms with E-state index in [9.17, 15) is 9.59 Å². The van der Waals surface area contributed by atoms with Crippen molar-refractivity contribution in [1.82, 2.24) is 20.2 Å². The molecule has 3 heterocycles. The fraction of sp³-hybridized carbons (Fsp3) is 0.692. The number of hydroxylamine groups is 2. The van der Waals surface area contributed by atoms with Gasteiger partial charge in [0.15, 0.2) is 6.61 Å². The van der Waals surface area contributed by atoms with Crippen LogP contribution < -0.4 is 5.73 Å². The summed E-state index contributed by atoms with van der Waals surface area (Å²) in [5.74, 6) is -0.402. The van der Waals surface area contributed by atoms with E-state index >= 15 is 0 Å². The molecule has 3 N–H and O–H groups in total. The van der Waals surface area contributed by atoms with E-state index in [1.807, 2.05) is 0 Å². The molecular formula is C13H17N5O5. The largest absolute Gasteiger partial charge is 0.479 e. The van der Waals surface area contributed by atoms with E-state index in [-0.39, 0.29) is 30.1 Å². The van der Waals surface area contributed by atoms with Crippen molar-refractivity contribution in [1.29, 1.82) is 0 Å². The quantitative estimate of drug-likeness (QED) is 0.765. The lowest BCUT2D eigenvalue weighted by atomic mass is 9.85. The van der Waals surface area contributed by atoms with Crippen molar-refractivity contribution in [2.24, 2.45) is 11.1 Å². The van der Waals surface area contributed by atoms with Gasteiger partial charge in [-0.2, -0.15) is 5.06 Å². The number of fused-ring (bicyclic) bond motifs is 3. The summed E-state index contributed by atoms with van der Waals surface area (Å²) in [6.07, 6.45) is 2.66. The van der Waals surface area contributed by atoms with Gasteiger partial charge in [-0.15, -0.1) is 10.2 Å². The molecule has 3 aliphatic rings. The van der Waals surface area contributed by atoms with Crippen LogP contribution in [0.15, 0.2) is 4.42 Å². The van der Waals surface area contributed by atoms with Crippen molar-refractivity contribution in [2.75, 3.05) is 13.2 Å².